The minimum Gasteiger partial charge on any atom is -0.468 e. The highest BCUT2D eigenvalue weighted by molar-refractivity contribution is 14.1. The van der Waals surface area contributed by atoms with Crippen molar-refractivity contribution in [3.8, 4) is 0 Å². The Morgan fingerprint density at radius 1 is 1.45 bits per heavy atom. The summed E-state index contributed by atoms with van der Waals surface area (Å²) in [7, 11) is 1.38. The van der Waals surface area contributed by atoms with Crippen LogP contribution in [0.25, 0.3) is 0 Å². The predicted octanol–water partition coefficient (Wildman–Crippen LogP) is 1.87. The van der Waals surface area contributed by atoms with Crippen LogP contribution in [-0.2, 0) is 14.3 Å². The monoisotopic (exact) mass is 388 g/mol. The molecule has 1 unspecified atom stereocenters. The summed E-state index contributed by atoms with van der Waals surface area (Å²) in [5, 5.41) is 2.87. The molecule has 0 aromatic heterocycles. The van der Waals surface area contributed by atoms with Crippen LogP contribution in [-0.4, -0.2) is 43.0 Å². The van der Waals surface area contributed by atoms with Crippen molar-refractivity contribution in [3.05, 3.63) is 27.8 Å². The number of carbonyl (C=O) groups is 2. The lowest BCUT2D eigenvalue weighted by Crippen LogP contribution is -2.41. The Kier molecular flexibility index (Phi) is 5.36. The van der Waals surface area contributed by atoms with Gasteiger partial charge in [0.15, 0.2) is 0 Å². The van der Waals surface area contributed by atoms with Crippen LogP contribution in [0.15, 0.2) is 24.3 Å². The normalized spacial score (nSPS) is 18.8. The number of halogens is 1. The number of anilines is 1. The number of carbonyl (C=O) groups excluding carboxylic acids is 2. The van der Waals surface area contributed by atoms with Crippen molar-refractivity contribution in [1.82, 2.24) is 4.90 Å². The van der Waals surface area contributed by atoms with Crippen LogP contribution < -0.4 is 5.32 Å². The Hall–Kier alpha value is -1.15. The average Bonchev–Trinajstić information content (AvgIpc) is 2.88. The first kappa shape index (κ1) is 15.2. The smallest absolute Gasteiger partial charge is 0.323 e. The topological polar surface area (TPSA) is 58.6 Å². The fraction of sp³-hybridized carbons (Fsp3) is 0.429. The summed E-state index contributed by atoms with van der Waals surface area (Å²) in [6.45, 7) is 0.962. The number of rotatable bonds is 4. The zero-order valence-electron chi connectivity index (χ0n) is 11.3. The molecule has 1 aromatic carbocycles. The number of hydrogen-bond acceptors (Lipinski definition) is 4. The molecule has 1 aliphatic heterocycles. The van der Waals surface area contributed by atoms with Gasteiger partial charge in [0.1, 0.15) is 6.04 Å². The predicted molar refractivity (Wildman–Crippen MR) is 84.4 cm³/mol. The lowest BCUT2D eigenvalue weighted by Gasteiger charge is -2.21. The maximum atomic E-state index is 12.1. The van der Waals surface area contributed by atoms with Crippen molar-refractivity contribution in [1.29, 1.82) is 0 Å². The second kappa shape index (κ2) is 7.03. The van der Waals surface area contributed by atoms with Crippen molar-refractivity contribution in [2.24, 2.45) is 0 Å². The van der Waals surface area contributed by atoms with Crippen molar-refractivity contribution < 1.29 is 14.3 Å². The maximum Gasteiger partial charge on any atom is 0.323 e. The molecule has 0 aliphatic carbocycles. The molecule has 1 atom stereocenters. The van der Waals surface area contributed by atoms with E-state index in [2.05, 4.69) is 27.9 Å². The third kappa shape index (κ3) is 3.69. The first-order chi connectivity index (χ1) is 9.61. The molecular weight excluding hydrogens is 371 g/mol. The molecule has 0 spiro atoms. The van der Waals surface area contributed by atoms with Crippen molar-refractivity contribution in [2.75, 3.05) is 25.5 Å². The molecule has 1 fully saturated rings. The highest BCUT2D eigenvalue weighted by Crippen LogP contribution is 2.19. The van der Waals surface area contributed by atoms with E-state index in [1.807, 2.05) is 29.2 Å². The van der Waals surface area contributed by atoms with Gasteiger partial charge < -0.3 is 10.1 Å². The van der Waals surface area contributed by atoms with E-state index in [0.29, 0.717) is 0 Å². The Balaban J connectivity index is 1.94. The average molecular weight is 388 g/mol. The summed E-state index contributed by atoms with van der Waals surface area (Å²) in [6.07, 6.45) is 1.67. The first-order valence-electron chi connectivity index (χ1n) is 6.48. The molecule has 1 amide bonds. The molecular formula is C14H17IN2O3. The Bertz CT molecular complexity index is 507. The number of methoxy groups -OCH3 is 1. The van der Waals surface area contributed by atoms with Crippen molar-refractivity contribution in [2.45, 2.75) is 18.9 Å². The van der Waals surface area contributed by atoms with Crippen LogP contribution in [0.3, 0.4) is 0 Å². The highest BCUT2D eigenvalue weighted by Gasteiger charge is 2.32. The lowest BCUT2D eigenvalue weighted by atomic mass is 10.2. The molecule has 0 radical (unpaired) electrons. The molecule has 0 bridgehead atoms. The molecule has 2 rings (SSSR count). The number of likely N-dealkylation sites (tertiary alicyclic amines) is 1. The summed E-state index contributed by atoms with van der Waals surface area (Å²) in [5.74, 6) is -0.366. The summed E-state index contributed by atoms with van der Waals surface area (Å²) >= 11 is 2.18. The van der Waals surface area contributed by atoms with Crippen LogP contribution in [0.4, 0.5) is 5.69 Å². The Morgan fingerprint density at radius 3 is 2.90 bits per heavy atom. The van der Waals surface area contributed by atoms with Crippen LogP contribution in [0, 0.1) is 3.57 Å². The molecule has 1 N–H and O–H groups in total. The Morgan fingerprint density at radius 2 is 2.20 bits per heavy atom. The van der Waals surface area contributed by atoms with E-state index in [9.17, 15) is 9.59 Å². The first-order valence-corrected chi connectivity index (χ1v) is 7.56. The molecule has 20 heavy (non-hydrogen) atoms. The summed E-state index contributed by atoms with van der Waals surface area (Å²) < 4.78 is 5.76. The third-order valence-corrected chi connectivity index (χ3v) is 4.27. The quantitative estimate of drug-likeness (QED) is 0.632. The number of esters is 1. The van der Waals surface area contributed by atoms with E-state index in [0.717, 1.165) is 28.6 Å². The summed E-state index contributed by atoms with van der Waals surface area (Å²) in [5.41, 5.74) is 0.798. The van der Waals surface area contributed by atoms with Crippen LogP contribution in [0.5, 0.6) is 0 Å². The fourth-order valence-electron chi connectivity index (χ4n) is 2.36. The molecule has 6 heteroatoms. The number of nitrogens with one attached hydrogen (secondary N) is 1. The zero-order chi connectivity index (χ0) is 14.5. The Labute approximate surface area is 131 Å². The molecule has 1 heterocycles. The fourth-order valence-corrected chi connectivity index (χ4v) is 2.88. The highest BCUT2D eigenvalue weighted by atomic mass is 127. The van der Waals surface area contributed by atoms with E-state index in [4.69, 9.17) is 4.74 Å². The van der Waals surface area contributed by atoms with E-state index >= 15 is 0 Å². The van der Waals surface area contributed by atoms with Gasteiger partial charge in [-0.05, 0) is 54.1 Å². The maximum absolute atomic E-state index is 12.1. The second-order valence-corrected chi connectivity index (χ2v) is 5.84. The van der Waals surface area contributed by atoms with E-state index in [-0.39, 0.29) is 24.5 Å². The molecule has 5 nitrogen and oxygen atoms in total. The minimum absolute atomic E-state index is 0.107. The van der Waals surface area contributed by atoms with E-state index < -0.39 is 0 Å². The van der Waals surface area contributed by atoms with Gasteiger partial charge in [-0.1, -0.05) is 12.1 Å². The van der Waals surface area contributed by atoms with Crippen LogP contribution in [0.2, 0.25) is 0 Å². The van der Waals surface area contributed by atoms with Crippen LogP contribution >= 0.6 is 22.6 Å². The number of amides is 1. The molecule has 1 aliphatic rings. The number of ether oxygens (including phenoxy) is 1. The van der Waals surface area contributed by atoms with Gasteiger partial charge in [-0.2, -0.15) is 0 Å². The van der Waals surface area contributed by atoms with Crippen LogP contribution in [0.1, 0.15) is 12.8 Å². The summed E-state index contributed by atoms with van der Waals surface area (Å²) in [6, 6.07) is 7.31. The minimum atomic E-state index is -0.291. The number of hydrogen-bond donors (Lipinski definition) is 1. The van der Waals surface area contributed by atoms with Gasteiger partial charge in [0.05, 0.1) is 19.3 Å². The SMILES string of the molecule is COC(=O)C1CCCN1CC(=O)Nc1ccccc1I. The van der Waals surface area contributed by atoms with Gasteiger partial charge in [0.25, 0.3) is 0 Å². The van der Waals surface area contributed by atoms with E-state index in [1.54, 1.807) is 0 Å². The third-order valence-electron chi connectivity index (χ3n) is 3.33. The van der Waals surface area contributed by atoms with Gasteiger partial charge in [0, 0.05) is 3.57 Å². The standard InChI is InChI=1S/C14H17IN2O3/c1-20-14(19)12-7-4-8-17(12)9-13(18)16-11-6-3-2-5-10(11)15/h2-3,5-6,12H,4,7-9H2,1H3,(H,16,18). The van der Waals surface area contributed by atoms with Gasteiger partial charge in [-0.3, -0.25) is 14.5 Å². The number of benzene rings is 1. The van der Waals surface area contributed by atoms with Gasteiger partial charge >= 0.3 is 5.97 Å². The molecule has 0 saturated carbocycles. The van der Waals surface area contributed by atoms with Crippen molar-refractivity contribution >= 4 is 40.2 Å². The van der Waals surface area contributed by atoms with Gasteiger partial charge in [-0.15, -0.1) is 0 Å². The van der Waals surface area contributed by atoms with Gasteiger partial charge in [-0.25, -0.2) is 0 Å². The largest absolute Gasteiger partial charge is 0.468 e. The molecule has 108 valence electrons. The van der Waals surface area contributed by atoms with Crippen molar-refractivity contribution in [3.63, 3.8) is 0 Å². The molecule has 1 aromatic rings. The van der Waals surface area contributed by atoms with Gasteiger partial charge in [0.2, 0.25) is 5.91 Å². The summed E-state index contributed by atoms with van der Waals surface area (Å²) in [4.78, 5) is 25.6. The lowest BCUT2D eigenvalue weighted by molar-refractivity contribution is -0.146. The zero-order valence-corrected chi connectivity index (χ0v) is 13.4. The second-order valence-electron chi connectivity index (χ2n) is 4.68. The number of nitrogens with zero attached hydrogens (tertiary/aromatic N) is 1. The molecule has 1 saturated heterocycles. The number of para-hydroxylation sites is 1. The van der Waals surface area contributed by atoms with E-state index in [1.165, 1.54) is 7.11 Å².